The number of alkyl halides is 6. The minimum absolute atomic E-state index is 0. The molecule has 0 atom stereocenters. The molecule has 0 aromatic heterocycles. The fraction of sp³-hybridized carbons (Fsp3) is 1.00. The summed E-state index contributed by atoms with van der Waals surface area (Å²) in [7, 11) is -10.6. The van der Waals surface area contributed by atoms with E-state index in [-0.39, 0.29) is 24.4 Å². The zero-order valence-corrected chi connectivity index (χ0v) is 13.4. The van der Waals surface area contributed by atoms with E-state index in [1.165, 1.54) is 6.92 Å². The highest BCUT2D eigenvalue weighted by Gasteiger charge is 2.46. The Morgan fingerprint density at radius 2 is 1.16 bits per heavy atom. The summed E-state index contributed by atoms with van der Waals surface area (Å²) < 4.78 is 134. The Labute approximate surface area is 146 Å². The van der Waals surface area contributed by atoms with Gasteiger partial charge < -0.3 is 9.11 Å². The third-order valence-corrected chi connectivity index (χ3v) is 2.84. The fourth-order valence-electron chi connectivity index (χ4n) is 0.923. The van der Waals surface area contributed by atoms with Gasteiger partial charge in [-0.05, 0) is 6.92 Å². The predicted molar refractivity (Wildman–Crippen MR) is 79.3 cm³/mol. The molecule has 0 N–H and O–H groups in total. The molecule has 0 aliphatic rings. The van der Waals surface area contributed by atoms with E-state index < -0.39 is 50.4 Å². The maximum atomic E-state index is 13.4. The van der Waals surface area contributed by atoms with Crippen molar-refractivity contribution in [3.63, 3.8) is 0 Å². The predicted octanol–water partition coefficient (Wildman–Crippen LogP) is 2.38. The second kappa shape index (κ2) is 14.5. The first-order chi connectivity index (χ1) is 10.1. The van der Waals surface area contributed by atoms with Gasteiger partial charge in [0.05, 0.1) is 25.4 Å². The molecule has 0 saturated carbocycles. The van der Waals surface area contributed by atoms with Crippen LogP contribution < -0.4 is 0 Å². The molecule has 0 rings (SSSR count). The van der Waals surface area contributed by atoms with Crippen molar-refractivity contribution < 1.29 is 59.9 Å². The number of rotatable bonds is 7. The minimum atomic E-state index is -5.54. The van der Waals surface area contributed by atoms with Crippen LogP contribution in [-0.4, -0.2) is 69.9 Å². The highest BCUT2D eigenvalue weighted by atomic mass is 32.2. The van der Waals surface area contributed by atoms with Crippen molar-refractivity contribution in [2.45, 2.75) is 33.7 Å². The second-order valence-corrected chi connectivity index (χ2v) is 6.24. The van der Waals surface area contributed by atoms with E-state index in [4.69, 9.17) is 0 Å². The van der Waals surface area contributed by atoms with Crippen LogP contribution in [0, 0.1) is 0 Å². The average Bonchev–Trinajstić information content (AvgIpc) is 2.26. The Kier molecular flexibility index (Phi) is 20.6. The summed E-state index contributed by atoms with van der Waals surface area (Å²) >= 11 is 0. The van der Waals surface area contributed by atoms with Crippen molar-refractivity contribution in [1.82, 2.24) is 0 Å². The Bertz CT molecular complexity index is 486. The maximum Gasteiger partial charge on any atom is 1.00 e. The topological polar surface area (TPSA) is 124 Å². The quantitative estimate of drug-likeness (QED) is 0.445. The van der Waals surface area contributed by atoms with Crippen LogP contribution in [0.3, 0.4) is 0 Å². The first-order valence-electron chi connectivity index (χ1n) is 5.23. The van der Waals surface area contributed by atoms with Crippen molar-refractivity contribution in [3.05, 3.63) is 0 Å². The highest BCUT2D eigenvalue weighted by molar-refractivity contribution is 7.86. The van der Waals surface area contributed by atoms with Gasteiger partial charge in [-0.15, -0.1) is 0 Å². The normalized spacial score (nSPS) is 11.6. The summed E-state index contributed by atoms with van der Waals surface area (Å²) in [5.41, 5.74) is 0. The molecule has 0 fully saturated rings. The molecule has 15 heteroatoms. The van der Waals surface area contributed by atoms with Gasteiger partial charge in [0.1, 0.15) is 20.2 Å². The van der Waals surface area contributed by atoms with Crippen molar-refractivity contribution in [2.75, 3.05) is 32.0 Å². The van der Waals surface area contributed by atoms with Gasteiger partial charge in [0.2, 0.25) is 5.85 Å². The number of ether oxygens (including phenoxy) is 1. The Morgan fingerprint density at radius 1 is 0.920 bits per heavy atom. The van der Waals surface area contributed by atoms with Gasteiger partial charge in [-0.3, -0.25) is 13.5 Å². The van der Waals surface area contributed by atoms with Gasteiger partial charge >= 0.3 is 8.96 Å². The van der Waals surface area contributed by atoms with Crippen LogP contribution in [0.2, 0.25) is 0 Å². The third kappa shape index (κ3) is 25.7. The highest BCUT2D eigenvalue weighted by Crippen LogP contribution is 2.28. The van der Waals surface area contributed by atoms with Crippen LogP contribution >= 0.6 is 0 Å². The number of halogens is 6. The molecule has 0 bridgehead atoms. The summed E-state index contributed by atoms with van der Waals surface area (Å²) in [6.07, 6.45) is -4.88. The number of hydrogen-bond donors (Lipinski definition) is 0. The molecule has 0 saturated heterocycles. The SMILES string of the molecule is C.C.CCF.CF.O=S(=O)([O-])CC(F)(CS(=O)(=O)[O-])OC(F)(F)CF.[H+].[H+]. The molecule has 0 aromatic carbocycles. The smallest absolute Gasteiger partial charge is 0.748 e. The minimum Gasteiger partial charge on any atom is -0.748 e. The van der Waals surface area contributed by atoms with Gasteiger partial charge in [-0.2, -0.15) is 8.78 Å². The van der Waals surface area contributed by atoms with Gasteiger partial charge in [-0.25, -0.2) is 25.6 Å². The average molecular weight is 434 g/mol. The van der Waals surface area contributed by atoms with Crippen LogP contribution in [-0.2, 0) is 25.0 Å². The summed E-state index contributed by atoms with van der Waals surface area (Å²) in [5, 5.41) is 0. The Hall–Kier alpha value is -0.640. The van der Waals surface area contributed by atoms with Crippen molar-refractivity contribution in [3.8, 4) is 0 Å². The van der Waals surface area contributed by atoms with E-state index in [0.717, 1.165) is 0 Å². The van der Waals surface area contributed by atoms with Crippen molar-refractivity contribution >= 4 is 20.2 Å². The molecular formula is C10H24F6O7S2. The molecule has 25 heavy (non-hydrogen) atoms. The first kappa shape index (κ1) is 35.5. The third-order valence-electron chi connectivity index (χ3n) is 1.27. The standard InChI is InChI=1S/C5H8F4O7S2.C2H5F.CH3F.2CH4/c6-1-5(8,9)16-4(7,2-17(10,11)12)3-18(13,14)15;1-2-3;1-2;;/h1-3H2,(H,10,11,12)(H,13,14,15);2H2,1H3;1H3;2*1H4. The van der Waals surface area contributed by atoms with E-state index in [1.54, 1.807) is 0 Å². The second-order valence-electron chi connectivity index (χ2n) is 3.43. The molecule has 0 heterocycles. The molecular weight excluding hydrogens is 410 g/mol. The summed E-state index contributed by atoms with van der Waals surface area (Å²) in [6.45, 7) is -1.41. The van der Waals surface area contributed by atoms with Crippen LogP contribution in [0.4, 0.5) is 26.3 Å². The largest absolute Gasteiger partial charge is 1.00 e. The fourth-order valence-corrected chi connectivity index (χ4v) is 2.43. The van der Waals surface area contributed by atoms with Gasteiger partial charge in [0.25, 0.3) is 0 Å². The van der Waals surface area contributed by atoms with Gasteiger partial charge in [0.15, 0.2) is 6.67 Å². The van der Waals surface area contributed by atoms with Crippen LogP contribution in [0.25, 0.3) is 0 Å². The summed E-state index contributed by atoms with van der Waals surface area (Å²) in [6, 6.07) is 0. The molecule has 0 spiro atoms. The molecule has 0 aliphatic heterocycles. The molecule has 0 unspecified atom stereocenters. The molecule has 0 radical (unpaired) electrons. The number of hydrogen-bond acceptors (Lipinski definition) is 7. The van der Waals surface area contributed by atoms with Crippen molar-refractivity contribution in [1.29, 1.82) is 0 Å². The lowest BCUT2D eigenvalue weighted by atomic mass is 10.4. The Balaban J connectivity index is -0.0000000805. The van der Waals surface area contributed by atoms with E-state index >= 15 is 0 Å². The van der Waals surface area contributed by atoms with E-state index in [2.05, 4.69) is 4.74 Å². The molecule has 0 aromatic rings. The van der Waals surface area contributed by atoms with E-state index in [0.29, 0.717) is 7.18 Å². The lowest BCUT2D eigenvalue weighted by Crippen LogP contribution is -2.47. The Morgan fingerprint density at radius 3 is 1.32 bits per heavy atom. The van der Waals surface area contributed by atoms with Crippen molar-refractivity contribution in [2.24, 2.45) is 0 Å². The van der Waals surface area contributed by atoms with E-state index in [1.807, 2.05) is 0 Å². The lowest BCUT2D eigenvalue weighted by molar-refractivity contribution is -0.321. The van der Waals surface area contributed by atoms with Gasteiger partial charge in [-0.1, -0.05) is 14.9 Å². The lowest BCUT2D eigenvalue weighted by Gasteiger charge is -2.30. The van der Waals surface area contributed by atoms with Crippen LogP contribution in [0.5, 0.6) is 0 Å². The maximum absolute atomic E-state index is 13.4. The summed E-state index contributed by atoms with van der Waals surface area (Å²) in [4.78, 5) is 0. The molecule has 0 aliphatic carbocycles. The first-order valence-corrected chi connectivity index (χ1v) is 8.39. The van der Waals surface area contributed by atoms with Crippen LogP contribution in [0.15, 0.2) is 0 Å². The zero-order chi connectivity index (χ0) is 19.5. The molecule has 7 nitrogen and oxygen atoms in total. The molecule has 0 amide bonds. The van der Waals surface area contributed by atoms with Gasteiger partial charge in [0, 0.05) is 0 Å². The van der Waals surface area contributed by atoms with E-state index in [9.17, 15) is 52.3 Å². The monoisotopic (exact) mass is 434 g/mol. The zero-order valence-electron chi connectivity index (χ0n) is 13.8. The molecule has 160 valence electrons. The van der Waals surface area contributed by atoms with Crippen LogP contribution in [0.1, 0.15) is 24.6 Å². The summed E-state index contributed by atoms with van der Waals surface area (Å²) in [5.74, 6) is -9.09.